The van der Waals surface area contributed by atoms with E-state index in [1.807, 2.05) is 6.07 Å². The van der Waals surface area contributed by atoms with Crippen molar-refractivity contribution < 1.29 is 9.53 Å². The maximum atomic E-state index is 11.5. The van der Waals surface area contributed by atoms with Gasteiger partial charge in [0.25, 0.3) is 0 Å². The second kappa shape index (κ2) is 6.75. The van der Waals surface area contributed by atoms with Crippen molar-refractivity contribution in [1.82, 2.24) is 4.90 Å². The van der Waals surface area contributed by atoms with Crippen LogP contribution in [0.3, 0.4) is 0 Å². The molecular formula is C20H22N2O2. The molecule has 0 atom stereocenters. The fourth-order valence-electron chi connectivity index (χ4n) is 3.38. The summed E-state index contributed by atoms with van der Waals surface area (Å²) in [5.74, 6) is 0.0839. The predicted octanol–water partition coefficient (Wildman–Crippen LogP) is 2.72. The summed E-state index contributed by atoms with van der Waals surface area (Å²) in [6, 6.07) is 15.0. The first-order valence-corrected chi connectivity index (χ1v) is 8.60. The van der Waals surface area contributed by atoms with E-state index in [1.165, 1.54) is 16.7 Å². The molecule has 2 aliphatic heterocycles. The number of carbonyl (C=O) groups excluding carboxylic acids is 1. The first kappa shape index (κ1) is 15.4. The normalized spacial score (nSPS) is 17.6. The van der Waals surface area contributed by atoms with Gasteiger partial charge in [0.15, 0.2) is 0 Å². The second-order valence-corrected chi connectivity index (χ2v) is 6.50. The van der Waals surface area contributed by atoms with Gasteiger partial charge in [-0.25, -0.2) is 0 Å². The summed E-state index contributed by atoms with van der Waals surface area (Å²) in [6.45, 7) is 4.89. The highest BCUT2D eigenvalue weighted by Crippen LogP contribution is 2.29. The Kier molecular flexibility index (Phi) is 4.32. The minimum absolute atomic E-state index is 0.0839. The number of carbonyl (C=O) groups is 1. The van der Waals surface area contributed by atoms with Crippen molar-refractivity contribution in [1.29, 1.82) is 0 Å². The van der Waals surface area contributed by atoms with E-state index in [0.29, 0.717) is 6.42 Å². The lowest BCUT2D eigenvalue weighted by molar-refractivity contribution is -0.115. The number of hydrogen-bond acceptors (Lipinski definition) is 3. The zero-order chi connectivity index (χ0) is 16.4. The van der Waals surface area contributed by atoms with Crippen LogP contribution in [-0.4, -0.2) is 43.7 Å². The van der Waals surface area contributed by atoms with E-state index < -0.39 is 0 Å². The number of ether oxygens (including phenoxy) is 1. The van der Waals surface area contributed by atoms with Crippen molar-refractivity contribution in [2.24, 2.45) is 0 Å². The summed E-state index contributed by atoms with van der Waals surface area (Å²) in [5, 5.41) is 2.88. The number of morpholine rings is 1. The Bertz CT molecular complexity index is 734. The zero-order valence-corrected chi connectivity index (χ0v) is 13.8. The van der Waals surface area contributed by atoms with Gasteiger partial charge < -0.3 is 10.1 Å². The average molecular weight is 322 g/mol. The highest BCUT2D eigenvalue weighted by molar-refractivity contribution is 5.99. The highest BCUT2D eigenvalue weighted by atomic mass is 16.5. The fraction of sp³-hybridized carbons (Fsp3) is 0.350. The molecule has 2 heterocycles. The molecule has 2 aromatic carbocycles. The molecule has 0 unspecified atom stereocenters. The Hall–Kier alpha value is -2.17. The van der Waals surface area contributed by atoms with Crippen LogP contribution in [0.15, 0.2) is 42.5 Å². The Morgan fingerprint density at radius 1 is 1.00 bits per heavy atom. The average Bonchev–Trinajstić information content (AvgIpc) is 3.00. The summed E-state index contributed by atoms with van der Waals surface area (Å²) in [5.41, 5.74) is 5.78. The predicted molar refractivity (Wildman–Crippen MR) is 95.2 cm³/mol. The number of rotatable bonds is 4. The minimum atomic E-state index is 0.0839. The van der Waals surface area contributed by atoms with E-state index in [-0.39, 0.29) is 5.91 Å². The van der Waals surface area contributed by atoms with Gasteiger partial charge in [-0.3, -0.25) is 9.69 Å². The van der Waals surface area contributed by atoms with Gasteiger partial charge in [0.05, 0.1) is 19.6 Å². The van der Waals surface area contributed by atoms with Crippen LogP contribution in [-0.2, 0) is 22.4 Å². The molecule has 1 amide bonds. The maximum Gasteiger partial charge on any atom is 0.228 e. The first-order chi connectivity index (χ1) is 11.8. The van der Waals surface area contributed by atoms with Gasteiger partial charge in [0, 0.05) is 25.3 Å². The Morgan fingerprint density at radius 2 is 1.75 bits per heavy atom. The van der Waals surface area contributed by atoms with Gasteiger partial charge in [0.1, 0.15) is 0 Å². The largest absolute Gasteiger partial charge is 0.379 e. The molecule has 0 saturated carbocycles. The van der Waals surface area contributed by atoms with Crippen molar-refractivity contribution in [2.75, 3.05) is 38.2 Å². The van der Waals surface area contributed by atoms with Crippen LogP contribution in [0.1, 0.15) is 11.1 Å². The summed E-state index contributed by atoms with van der Waals surface area (Å²) in [4.78, 5) is 13.9. The van der Waals surface area contributed by atoms with Gasteiger partial charge in [-0.2, -0.15) is 0 Å². The molecule has 0 bridgehead atoms. The van der Waals surface area contributed by atoms with E-state index in [2.05, 4.69) is 46.6 Å². The van der Waals surface area contributed by atoms with Crippen molar-refractivity contribution in [2.45, 2.75) is 12.8 Å². The summed E-state index contributed by atoms with van der Waals surface area (Å²) in [6.07, 6.45) is 1.56. The van der Waals surface area contributed by atoms with E-state index in [0.717, 1.165) is 50.5 Å². The second-order valence-electron chi connectivity index (χ2n) is 6.50. The standard InChI is InChI=1S/C20H22N2O2/c23-20-14-18-13-17(5-6-19(18)21-20)16-3-1-15(2-4-16)7-8-22-9-11-24-12-10-22/h1-6,13H,7-12,14H2,(H,21,23). The number of nitrogens with one attached hydrogen (secondary N) is 1. The van der Waals surface area contributed by atoms with Crippen molar-refractivity contribution >= 4 is 11.6 Å². The minimum Gasteiger partial charge on any atom is -0.379 e. The number of benzene rings is 2. The molecular weight excluding hydrogens is 300 g/mol. The monoisotopic (exact) mass is 322 g/mol. The van der Waals surface area contributed by atoms with Crippen LogP contribution < -0.4 is 5.32 Å². The number of anilines is 1. The molecule has 1 saturated heterocycles. The van der Waals surface area contributed by atoms with Crippen LogP contribution in [0.5, 0.6) is 0 Å². The Labute approximate surface area is 142 Å². The lowest BCUT2D eigenvalue weighted by Crippen LogP contribution is -2.37. The molecule has 0 radical (unpaired) electrons. The summed E-state index contributed by atoms with van der Waals surface area (Å²) in [7, 11) is 0. The van der Waals surface area contributed by atoms with E-state index in [9.17, 15) is 4.79 Å². The number of amides is 1. The lowest BCUT2D eigenvalue weighted by Gasteiger charge is -2.26. The van der Waals surface area contributed by atoms with Crippen molar-refractivity contribution in [3.05, 3.63) is 53.6 Å². The van der Waals surface area contributed by atoms with Gasteiger partial charge in [0.2, 0.25) is 5.91 Å². The SMILES string of the molecule is O=C1Cc2cc(-c3ccc(CCN4CCOCC4)cc3)ccc2N1. The summed E-state index contributed by atoms with van der Waals surface area (Å²) >= 11 is 0. The summed E-state index contributed by atoms with van der Waals surface area (Å²) < 4.78 is 5.39. The fourth-order valence-corrected chi connectivity index (χ4v) is 3.38. The van der Waals surface area contributed by atoms with E-state index in [1.54, 1.807) is 0 Å². The molecule has 0 aliphatic carbocycles. The van der Waals surface area contributed by atoms with Crippen LogP contribution in [0.2, 0.25) is 0 Å². The first-order valence-electron chi connectivity index (χ1n) is 8.60. The molecule has 0 spiro atoms. The number of fused-ring (bicyclic) bond motifs is 1. The molecule has 124 valence electrons. The maximum absolute atomic E-state index is 11.5. The molecule has 4 heteroatoms. The molecule has 24 heavy (non-hydrogen) atoms. The number of nitrogens with zero attached hydrogens (tertiary/aromatic N) is 1. The van der Waals surface area contributed by atoms with Gasteiger partial charge in [-0.05, 0) is 40.8 Å². The van der Waals surface area contributed by atoms with Crippen LogP contribution in [0.4, 0.5) is 5.69 Å². The third kappa shape index (κ3) is 3.35. The van der Waals surface area contributed by atoms with Gasteiger partial charge >= 0.3 is 0 Å². The van der Waals surface area contributed by atoms with E-state index in [4.69, 9.17) is 4.74 Å². The molecule has 0 aromatic heterocycles. The lowest BCUT2D eigenvalue weighted by atomic mass is 10.00. The van der Waals surface area contributed by atoms with Gasteiger partial charge in [-0.1, -0.05) is 30.3 Å². The zero-order valence-electron chi connectivity index (χ0n) is 13.8. The van der Waals surface area contributed by atoms with E-state index >= 15 is 0 Å². The molecule has 4 rings (SSSR count). The molecule has 1 fully saturated rings. The Balaban J connectivity index is 1.42. The third-order valence-electron chi connectivity index (χ3n) is 4.84. The van der Waals surface area contributed by atoms with Crippen LogP contribution >= 0.6 is 0 Å². The molecule has 2 aromatic rings. The number of hydrogen-bond donors (Lipinski definition) is 1. The topological polar surface area (TPSA) is 41.6 Å². The van der Waals surface area contributed by atoms with Crippen LogP contribution in [0, 0.1) is 0 Å². The molecule has 4 nitrogen and oxygen atoms in total. The quantitative estimate of drug-likeness (QED) is 0.941. The van der Waals surface area contributed by atoms with Crippen molar-refractivity contribution in [3.8, 4) is 11.1 Å². The third-order valence-corrected chi connectivity index (χ3v) is 4.84. The Morgan fingerprint density at radius 3 is 2.54 bits per heavy atom. The molecule has 1 N–H and O–H groups in total. The van der Waals surface area contributed by atoms with Gasteiger partial charge in [-0.15, -0.1) is 0 Å². The molecule has 2 aliphatic rings. The highest BCUT2D eigenvalue weighted by Gasteiger charge is 2.17. The van der Waals surface area contributed by atoms with Crippen LogP contribution in [0.25, 0.3) is 11.1 Å². The van der Waals surface area contributed by atoms with Crippen molar-refractivity contribution in [3.63, 3.8) is 0 Å². The smallest absolute Gasteiger partial charge is 0.228 e.